The van der Waals surface area contributed by atoms with Crippen molar-refractivity contribution in [3.8, 4) is 11.6 Å². The van der Waals surface area contributed by atoms with Gasteiger partial charge in [-0.15, -0.1) is 0 Å². The Morgan fingerprint density at radius 1 is 1.24 bits per heavy atom. The lowest BCUT2D eigenvalue weighted by molar-refractivity contribution is -0.142. The molecule has 5 nitrogen and oxygen atoms in total. The van der Waals surface area contributed by atoms with Gasteiger partial charge < -0.3 is 14.6 Å². The average Bonchev–Trinajstić information content (AvgIpc) is 3.52. The first-order chi connectivity index (χ1) is 14.0. The average molecular weight is 395 g/mol. The van der Waals surface area contributed by atoms with Gasteiger partial charge >= 0.3 is 5.97 Å². The molecule has 2 atom stereocenters. The molecule has 1 heterocycles. The van der Waals surface area contributed by atoms with Gasteiger partial charge in [-0.2, -0.15) is 0 Å². The second-order valence-corrected chi connectivity index (χ2v) is 8.54. The molecule has 0 aliphatic heterocycles. The van der Waals surface area contributed by atoms with E-state index in [1.54, 1.807) is 13.3 Å². The lowest BCUT2D eigenvalue weighted by Gasteiger charge is -2.35. The summed E-state index contributed by atoms with van der Waals surface area (Å²) >= 11 is 0. The third-order valence-corrected chi connectivity index (χ3v) is 6.46. The van der Waals surface area contributed by atoms with Gasteiger partial charge in [-0.1, -0.05) is 19.1 Å². The van der Waals surface area contributed by atoms with E-state index in [4.69, 9.17) is 9.47 Å². The Balaban J connectivity index is 1.33. The Morgan fingerprint density at radius 3 is 2.72 bits per heavy atom. The van der Waals surface area contributed by atoms with Crippen LogP contribution in [-0.4, -0.2) is 29.8 Å². The minimum atomic E-state index is -0.721. The summed E-state index contributed by atoms with van der Waals surface area (Å²) in [7, 11) is 1.64. The van der Waals surface area contributed by atoms with E-state index in [0.717, 1.165) is 37.0 Å². The molecule has 2 aliphatic rings. The number of carboxylic acid groups (broad SMARTS) is 1. The van der Waals surface area contributed by atoms with Gasteiger partial charge in [0.15, 0.2) is 0 Å². The van der Waals surface area contributed by atoms with E-state index < -0.39 is 5.97 Å². The maximum absolute atomic E-state index is 11.5. The minimum absolute atomic E-state index is 0.0748. The number of benzene rings is 1. The predicted molar refractivity (Wildman–Crippen MR) is 110 cm³/mol. The summed E-state index contributed by atoms with van der Waals surface area (Å²) in [6, 6.07) is 12.1. The first kappa shape index (κ1) is 19.7. The number of pyridine rings is 1. The summed E-state index contributed by atoms with van der Waals surface area (Å²) in [6.07, 6.45) is 6.26. The summed E-state index contributed by atoms with van der Waals surface area (Å²) in [5, 5.41) is 9.48. The first-order valence-electron chi connectivity index (χ1n) is 10.5. The maximum atomic E-state index is 11.5. The standard InChI is InChI=1S/C24H29NO4/c1-15(24(26)27)23(17-6-7-17)19-4-3-5-21(12-19)29-14-16-10-20(11-16)18-8-9-25-22(13-18)28-2/h3-5,8-9,12-13,15-17,20,23H,6-7,10-11,14H2,1-2H3,(H,26,27)/t15-,16?,20?,23?/m0/s1. The number of carboxylic acids is 1. The third kappa shape index (κ3) is 4.55. The molecule has 2 aromatic rings. The Labute approximate surface area is 172 Å². The fourth-order valence-electron chi connectivity index (χ4n) is 4.54. The maximum Gasteiger partial charge on any atom is 0.306 e. The summed E-state index contributed by atoms with van der Waals surface area (Å²) < 4.78 is 11.3. The van der Waals surface area contributed by atoms with Gasteiger partial charge in [0.2, 0.25) is 5.88 Å². The van der Waals surface area contributed by atoms with Gasteiger partial charge in [-0.25, -0.2) is 4.98 Å². The minimum Gasteiger partial charge on any atom is -0.493 e. The van der Waals surface area contributed by atoms with Gasteiger partial charge in [-0.3, -0.25) is 4.79 Å². The Morgan fingerprint density at radius 2 is 2.03 bits per heavy atom. The zero-order valence-electron chi connectivity index (χ0n) is 17.1. The van der Waals surface area contributed by atoms with E-state index in [1.807, 2.05) is 37.3 Å². The molecule has 2 saturated carbocycles. The molecule has 0 amide bonds. The molecule has 29 heavy (non-hydrogen) atoms. The van der Waals surface area contributed by atoms with Crippen LogP contribution in [0.5, 0.6) is 11.6 Å². The van der Waals surface area contributed by atoms with Gasteiger partial charge in [-0.05, 0) is 78.7 Å². The van der Waals surface area contributed by atoms with Crippen LogP contribution in [0.2, 0.25) is 0 Å². The van der Waals surface area contributed by atoms with Gasteiger partial charge in [0.05, 0.1) is 19.6 Å². The number of nitrogens with zero attached hydrogens (tertiary/aromatic N) is 1. The van der Waals surface area contributed by atoms with Crippen LogP contribution in [-0.2, 0) is 4.79 Å². The van der Waals surface area contributed by atoms with Crippen LogP contribution in [0.4, 0.5) is 0 Å². The van der Waals surface area contributed by atoms with Crippen LogP contribution < -0.4 is 9.47 Å². The first-order valence-corrected chi connectivity index (χ1v) is 10.5. The molecule has 5 heteroatoms. The monoisotopic (exact) mass is 395 g/mol. The molecule has 1 aromatic heterocycles. The lowest BCUT2D eigenvalue weighted by Crippen LogP contribution is -2.27. The lowest BCUT2D eigenvalue weighted by atomic mass is 9.72. The second-order valence-electron chi connectivity index (χ2n) is 8.54. The van der Waals surface area contributed by atoms with E-state index in [-0.39, 0.29) is 11.8 Å². The second kappa shape index (κ2) is 8.44. The number of carbonyl (C=O) groups is 1. The topological polar surface area (TPSA) is 68.7 Å². The number of ether oxygens (including phenoxy) is 2. The van der Waals surface area contributed by atoms with E-state index >= 15 is 0 Å². The third-order valence-electron chi connectivity index (χ3n) is 6.46. The SMILES string of the molecule is COc1cc(C2CC(COc3cccc(C(C4CC4)[C@H](C)C(=O)O)c3)C2)ccn1. The van der Waals surface area contributed by atoms with Crippen molar-refractivity contribution < 1.29 is 19.4 Å². The van der Waals surface area contributed by atoms with E-state index in [1.165, 1.54) is 5.56 Å². The van der Waals surface area contributed by atoms with Crippen molar-refractivity contribution in [2.24, 2.45) is 17.8 Å². The molecule has 1 N–H and O–H groups in total. The highest BCUT2D eigenvalue weighted by Gasteiger charge is 2.38. The highest BCUT2D eigenvalue weighted by molar-refractivity contribution is 5.71. The van der Waals surface area contributed by atoms with E-state index in [2.05, 4.69) is 11.1 Å². The largest absolute Gasteiger partial charge is 0.493 e. The molecule has 4 rings (SSSR count). The molecular weight excluding hydrogens is 366 g/mol. The Kier molecular flexibility index (Phi) is 5.74. The van der Waals surface area contributed by atoms with Gasteiger partial charge in [0, 0.05) is 12.3 Å². The van der Waals surface area contributed by atoms with Crippen LogP contribution in [0.25, 0.3) is 0 Å². The summed E-state index contributed by atoms with van der Waals surface area (Å²) in [5.74, 6) is 2.07. The molecule has 2 fully saturated rings. The van der Waals surface area contributed by atoms with Gasteiger partial charge in [0.1, 0.15) is 5.75 Å². The van der Waals surface area contributed by atoms with Crippen LogP contribution in [0.3, 0.4) is 0 Å². The van der Waals surface area contributed by atoms with E-state index in [9.17, 15) is 9.90 Å². The fourth-order valence-corrected chi connectivity index (χ4v) is 4.54. The molecule has 1 aromatic carbocycles. The summed E-state index contributed by atoms with van der Waals surface area (Å²) in [5.41, 5.74) is 2.38. The van der Waals surface area contributed by atoms with Crippen LogP contribution in [0, 0.1) is 17.8 Å². The number of methoxy groups -OCH3 is 1. The Bertz CT molecular complexity index is 857. The molecular formula is C24H29NO4. The Hall–Kier alpha value is -2.56. The smallest absolute Gasteiger partial charge is 0.306 e. The van der Waals surface area contributed by atoms with Crippen LogP contribution in [0.1, 0.15) is 55.6 Å². The van der Waals surface area contributed by atoms with Crippen molar-refractivity contribution in [1.29, 1.82) is 0 Å². The number of hydrogen-bond acceptors (Lipinski definition) is 4. The normalized spacial score (nSPS) is 23.0. The number of aromatic nitrogens is 1. The van der Waals surface area contributed by atoms with Crippen molar-refractivity contribution in [1.82, 2.24) is 4.98 Å². The van der Waals surface area contributed by atoms with Crippen molar-refractivity contribution >= 4 is 5.97 Å². The quantitative estimate of drug-likeness (QED) is 0.655. The number of aliphatic carboxylic acids is 1. The summed E-state index contributed by atoms with van der Waals surface area (Å²) in [6.45, 7) is 2.52. The number of rotatable bonds is 9. The highest BCUT2D eigenvalue weighted by atomic mass is 16.5. The number of hydrogen-bond donors (Lipinski definition) is 1. The molecule has 0 radical (unpaired) electrons. The predicted octanol–water partition coefficient (Wildman–Crippen LogP) is 4.88. The molecule has 1 unspecified atom stereocenters. The molecule has 0 spiro atoms. The van der Waals surface area contributed by atoms with Gasteiger partial charge in [0.25, 0.3) is 0 Å². The molecule has 0 bridgehead atoms. The van der Waals surface area contributed by atoms with Crippen molar-refractivity contribution in [3.63, 3.8) is 0 Å². The van der Waals surface area contributed by atoms with Crippen molar-refractivity contribution in [2.45, 2.75) is 44.4 Å². The fraction of sp³-hybridized carbons (Fsp3) is 0.500. The van der Waals surface area contributed by atoms with Crippen molar-refractivity contribution in [3.05, 3.63) is 53.7 Å². The highest BCUT2D eigenvalue weighted by Crippen LogP contribution is 2.47. The molecule has 154 valence electrons. The molecule has 0 saturated heterocycles. The van der Waals surface area contributed by atoms with Crippen LogP contribution in [0.15, 0.2) is 42.6 Å². The van der Waals surface area contributed by atoms with E-state index in [0.29, 0.717) is 30.2 Å². The molecule has 2 aliphatic carbocycles. The zero-order valence-corrected chi connectivity index (χ0v) is 17.1. The summed E-state index contributed by atoms with van der Waals surface area (Å²) in [4.78, 5) is 15.7. The zero-order chi connectivity index (χ0) is 20.4. The van der Waals surface area contributed by atoms with Crippen LogP contribution >= 0.6 is 0 Å². The van der Waals surface area contributed by atoms with Crippen molar-refractivity contribution in [2.75, 3.05) is 13.7 Å².